The van der Waals surface area contributed by atoms with Crippen molar-refractivity contribution < 1.29 is 9.59 Å². The van der Waals surface area contributed by atoms with Gasteiger partial charge in [0.1, 0.15) is 6.04 Å². The topological polar surface area (TPSA) is 49.4 Å². The lowest BCUT2D eigenvalue weighted by atomic mass is 10.1. The Labute approximate surface area is 140 Å². The van der Waals surface area contributed by atoms with Gasteiger partial charge >= 0.3 is 0 Å². The Morgan fingerprint density at radius 3 is 2.17 bits per heavy atom. The lowest BCUT2D eigenvalue weighted by Crippen LogP contribution is -2.50. The van der Waals surface area contributed by atoms with E-state index in [2.05, 4.69) is 5.32 Å². The van der Waals surface area contributed by atoms with Gasteiger partial charge in [-0.3, -0.25) is 9.59 Å². The standard InChI is InChI=1S/C19H30N2O2/c1-6-15(5)20-19(23)17(7-2)21(18(22)8-3)13-16-11-9-14(4)10-12-16/h9-12,15,17H,6-8,13H2,1-5H3,(H,20,23). The Hall–Kier alpha value is -1.84. The van der Waals surface area contributed by atoms with Gasteiger partial charge in [-0.2, -0.15) is 0 Å². The lowest BCUT2D eigenvalue weighted by molar-refractivity contribution is -0.141. The summed E-state index contributed by atoms with van der Waals surface area (Å²) in [5, 5.41) is 3.00. The highest BCUT2D eigenvalue weighted by Crippen LogP contribution is 2.14. The van der Waals surface area contributed by atoms with Gasteiger partial charge in [-0.15, -0.1) is 0 Å². The first kappa shape index (κ1) is 19.2. The number of amides is 2. The summed E-state index contributed by atoms with van der Waals surface area (Å²) in [6.45, 7) is 10.3. The average Bonchev–Trinajstić information content (AvgIpc) is 2.55. The molecule has 0 aliphatic rings. The lowest BCUT2D eigenvalue weighted by Gasteiger charge is -2.31. The number of rotatable bonds is 8. The molecule has 0 saturated carbocycles. The molecule has 23 heavy (non-hydrogen) atoms. The van der Waals surface area contributed by atoms with E-state index >= 15 is 0 Å². The summed E-state index contributed by atoms with van der Waals surface area (Å²) < 4.78 is 0. The molecule has 0 aliphatic heterocycles. The van der Waals surface area contributed by atoms with Crippen LogP contribution in [0.5, 0.6) is 0 Å². The van der Waals surface area contributed by atoms with Crippen molar-refractivity contribution in [2.75, 3.05) is 0 Å². The van der Waals surface area contributed by atoms with Gasteiger partial charge in [0.2, 0.25) is 11.8 Å². The summed E-state index contributed by atoms with van der Waals surface area (Å²) in [5.74, 6) is -0.0486. The van der Waals surface area contributed by atoms with E-state index < -0.39 is 6.04 Å². The van der Waals surface area contributed by atoms with Gasteiger partial charge < -0.3 is 10.2 Å². The molecule has 0 bridgehead atoms. The minimum absolute atomic E-state index is 0.0109. The molecule has 1 aromatic rings. The van der Waals surface area contributed by atoms with E-state index in [0.29, 0.717) is 19.4 Å². The first-order valence-electron chi connectivity index (χ1n) is 8.58. The zero-order valence-electron chi connectivity index (χ0n) is 15.1. The van der Waals surface area contributed by atoms with E-state index in [1.54, 1.807) is 4.90 Å². The molecular weight excluding hydrogens is 288 g/mol. The first-order chi connectivity index (χ1) is 10.9. The quantitative estimate of drug-likeness (QED) is 0.798. The monoisotopic (exact) mass is 318 g/mol. The molecule has 1 aromatic carbocycles. The second kappa shape index (κ2) is 9.33. The maximum absolute atomic E-state index is 12.5. The molecule has 0 heterocycles. The number of carbonyl (C=O) groups is 2. The van der Waals surface area contributed by atoms with Crippen molar-refractivity contribution in [1.82, 2.24) is 10.2 Å². The summed E-state index contributed by atoms with van der Waals surface area (Å²) in [6.07, 6.45) is 1.89. The molecule has 0 fully saturated rings. The normalized spacial score (nSPS) is 13.3. The molecule has 0 saturated heterocycles. The number of nitrogens with one attached hydrogen (secondary N) is 1. The first-order valence-corrected chi connectivity index (χ1v) is 8.58. The number of aryl methyl sites for hydroxylation is 1. The Morgan fingerprint density at radius 2 is 1.70 bits per heavy atom. The van der Waals surface area contributed by atoms with Gasteiger partial charge in [-0.25, -0.2) is 0 Å². The van der Waals surface area contributed by atoms with Gasteiger partial charge in [0.15, 0.2) is 0 Å². The molecule has 4 nitrogen and oxygen atoms in total. The van der Waals surface area contributed by atoms with Crippen LogP contribution in [0.1, 0.15) is 58.1 Å². The number of carbonyl (C=O) groups excluding carboxylic acids is 2. The van der Waals surface area contributed by atoms with Crippen LogP contribution in [0.3, 0.4) is 0 Å². The highest BCUT2D eigenvalue weighted by atomic mass is 16.2. The van der Waals surface area contributed by atoms with Crippen LogP contribution in [-0.2, 0) is 16.1 Å². The average molecular weight is 318 g/mol. The second-order valence-electron chi connectivity index (χ2n) is 6.10. The SMILES string of the molecule is CCC(=O)N(Cc1ccc(C)cc1)C(CC)C(=O)NC(C)CC. The van der Waals surface area contributed by atoms with E-state index in [1.807, 2.05) is 58.9 Å². The molecular formula is C19H30N2O2. The van der Waals surface area contributed by atoms with Crippen molar-refractivity contribution in [3.05, 3.63) is 35.4 Å². The summed E-state index contributed by atoms with van der Waals surface area (Å²) in [5.41, 5.74) is 2.23. The smallest absolute Gasteiger partial charge is 0.243 e. The van der Waals surface area contributed by atoms with Crippen LogP contribution in [-0.4, -0.2) is 28.8 Å². The van der Waals surface area contributed by atoms with Gasteiger partial charge in [-0.05, 0) is 32.3 Å². The molecule has 128 valence electrons. The largest absolute Gasteiger partial charge is 0.352 e. The maximum atomic E-state index is 12.5. The zero-order valence-corrected chi connectivity index (χ0v) is 15.1. The van der Waals surface area contributed by atoms with Crippen molar-refractivity contribution in [3.8, 4) is 0 Å². The summed E-state index contributed by atoms with van der Waals surface area (Å²) >= 11 is 0. The molecule has 2 amide bonds. The van der Waals surface area contributed by atoms with E-state index in [-0.39, 0.29) is 17.9 Å². The molecule has 2 atom stereocenters. The van der Waals surface area contributed by atoms with Crippen molar-refractivity contribution in [2.24, 2.45) is 0 Å². The van der Waals surface area contributed by atoms with E-state index in [1.165, 1.54) is 5.56 Å². The molecule has 2 unspecified atom stereocenters. The summed E-state index contributed by atoms with van der Waals surface area (Å²) in [6, 6.07) is 7.80. The number of hydrogen-bond donors (Lipinski definition) is 1. The Morgan fingerprint density at radius 1 is 1.09 bits per heavy atom. The van der Waals surface area contributed by atoms with E-state index in [0.717, 1.165) is 12.0 Å². The molecule has 0 aromatic heterocycles. The molecule has 0 radical (unpaired) electrons. The van der Waals surface area contributed by atoms with Crippen LogP contribution in [0.4, 0.5) is 0 Å². The summed E-state index contributed by atoms with van der Waals surface area (Å²) in [4.78, 5) is 26.6. The van der Waals surface area contributed by atoms with Crippen LogP contribution >= 0.6 is 0 Å². The highest BCUT2D eigenvalue weighted by molar-refractivity contribution is 5.87. The van der Waals surface area contributed by atoms with E-state index in [9.17, 15) is 9.59 Å². The minimum atomic E-state index is -0.419. The second-order valence-corrected chi connectivity index (χ2v) is 6.10. The van der Waals surface area contributed by atoms with Crippen LogP contribution in [0.2, 0.25) is 0 Å². The fourth-order valence-corrected chi connectivity index (χ4v) is 2.45. The third kappa shape index (κ3) is 5.70. The Balaban J connectivity index is 2.95. The minimum Gasteiger partial charge on any atom is -0.352 e. The van der Waals surface area contributed by atoms with Gasteiger partial charge in [-0.1, -0.05) is 50.6 Å². The van der Waals surface area contributed by atoms with Crippen molar-refractivity contribution >= 4 is 11.8 Å². The predicted octanol–water partition coefficient (Wildman–Crippen LogP) is 3.43. The van der Waals surface area contributed by atoms with E-state index in [4.69, 9.17) is 0 Å². The van der Waals surface area contributed by atoms with Crippen LogP contribution in [0, 0.1) is 6.92 Å². The molecule has 0 spiro atoms. The van der Waals surface area contributed by atoms with Crippen LogP contribution < -0.4 is 5.32 Å². The fraction of sp³-hybridized carbons (Fsp3) is 0.579. The van der Waals surface area contributed by atoms with Crippen LogP contribution in [0.15, 0.2) is 24.3 Å². The van der Waals surface area contributed by atoms with Gasteiger partial charge in [0, 0.05) is 19.0 Å². The van der Waals surface area contributed by atoms with Gasteiger partial charge in [0.25, 0.3) is 0 Å². The maximum Gasteiger partial charge on any atom is 0.243 e. The zero-order chi connectivity index (χ0) is 17.4. The highest BCUT2D eigenvalue weighted by Gasteiger charge is 2.28. The van der Waals surface area contributed by atoms with Crippen molar-refractivity contribution in [1.29, 1.82) is 0 Å². The van der Waals surface area contributed by atoms with Crippen LogP contribution in [0.25, 0.3) is 0 Å². The number of hydrogen-bond acceptors (Lipinski definition) is 2. The number of benzene rings is 1. The molecule has 1 rings (SSSR count). The predicted molar refractivity (Wildman–Crippen MR) is 94.0 cm³/mol. The van der Waals surface area contributed by atoms with Crippen molar-refractivity contribution in [3.63, 3.8) is 0 Å². The fourth-order valence-electron chi connectivity index (χ4n) is 2.45. The molecule has 1 N–H and O–H groups in total. The van der Waals surface area contributed by atoms with Crippen molar-refractivity contribution in [2.45, 2.75) is 72.5 Å². The Bertz CT molecular complexity index is 511. The molecule has 4 heteroatoms. The third-order valence-electron chi connectivity index (χ3n) is 4.16. The Kier molecular flexibility index (Phi) is 7.79. The molecule has 0 aliphatic carbocycles. The summed E-state index contributed by atoms with van der Waals surface area (Å²) in [7, 11) is 0. The number of nitrogens with zero attached hydrogens (tertiary/aromatic N) is 1. The third-order valence-corrected chi connectivity index (χ3v) is 4.16. The van der Waals surface area contributed by atoms with Gasteiger partial charge in [0.05, 0.1) is 0 Å².